The largest absolute Gasteiger partial charge is 0.264 e. The number of rotatable bonds is 5. The summed E-state index contributed by atoms with van der Waals surface area (Å²) >= 11 is 14.8. The Morgan fingerprint density at radius 1 is 1.03 bits per heavy atom. The van der Waals surface area contributed by atoms with Crippen LogP contribution in [0.1, 0.15) is 5.69 Å². The number of nitrogens with one attached hydrogen (secondary N) is 1. The van der Waals surface area contributed by atoms with Crippen LogP contribution in [0.2, 0.25) is 10.0 Å². The molecule has 2 aromatic heterocycles. The zero-order valence-electron chi connectivity index (χ0n) is 14.8. The van der Waals surface area contributed by atoms with Gasteiger partial charge in [0.2, 0.25) is 5.95 Å². The average Bonchev–Trinajstić information content (AvgIpc) is 3.05. The summed E-state index contributed by atoms with van der Waals surface area (Å²) in [5, 5.41) is 1.09. The molecule has 2 aromatic carbocycles. The molecule has 0 atom stereocenters. The van der Waals surface area contributed by atoms with Crippen LogP contribution in [-0.4, -0.2) is 23.4 Å². The number of nitrogens with zero attached hydrogens (tertiary/aromatic N) is 3. The van der Waals surface area contributed by atoms with Crippen LogP contribution < -0.4 is 4.72 Å². The van der Waals surface area contributed by atoms with Crippen LogP contribution in [0.25, 0.3) is 10.2 Å². The van der Waals surface area contributed by atoms with E-state index < -0.39 is 10.0 Å². The number of aromatic nitrogens is 3. The molecule has 0 spiro atoms. The lowest BCUT2D eigenvalue weighted by Gasteiger charge is -2.08. The van der Waals surface area contributed by atoms with Gasteiger partial charge < -0.3 is 0 Å². The maximum Gasteiger partial charge on any atom is 0.264 e. The summed E-state index contributed by atoms with van der Waals surface area (Å²) in [6.45, 7) is 1.79. The number of benzene rings is 2. The van der Waals surface area contributed by atoms with E-state index in [9.17, 15) is 8.42 Å². The lowest BCUT2D eigenvalue weighted by atomic mass is 10.3. The average molecular weight is 483 g/mol. The second-order valence-electron chi connectivity index (χ2n) is 5.90. The van der Waals surface area contributed by atoms with E-state index in [-0.39, 0.29) is 10.8 Å². The van der Waals surface area contributed by atoms with Gasteiger partial charge in [0.15, 0.2) is 4.34 Å². The summed E-state index contributed by atoms with van der Waals surface area (Å²) in [5.41, 5.74) is 1.46. The molecule has 0 saturated heterocycles. The Morgan fingerprint density at radius 2 is 1.76 bits per heavy atom. The molecule has 0 bridgehead atoms. The minimum atomic E-state index is -3.80. The van der Waals surface area contributed by atoms with Gasteiger partial charge in [0, 0.05) is 16.2 Å². The molecule has 0 aliphatic rings. The van der Waals surface area contributed by atoms with Gasteiger partial charge in [0.25, 0.3) is 10.0 Å². The van der Waals surface area contributed by atoms with Crippen molar-refractivity contribution in [2.24, 2.45) is 0 Å². The van der Waals surface area contributed by atoms with Crippen molar-refractivity contribution in [1.82, 2.24) is 15.0 Å². The molecule has 6 nitrogen and oxygen atoms in total. The van der Waals surface area contributed by atoms with E-state index in [0.29, 0.717) is 15.7 Å². The third-order valence-electron chi connectivity index (χ3n) is 3.81. The third kappa shape index (κ3) is 4.65. The number of anilines is 1. The highest BCUT2D eigenvalue weighted by Crippen LogP contribution is 2.36. The first-order valence-electron chi connectivity index (χ1n) is 8.16. The van der Waals surface area contributed by atoms with Gasteiger partial charge in [-0.05, 0) is 49.4 Å². The molecular formula is C18H12Cl2N4O2S3. The van der Waals surface area contributed by atoms with Crippen molar-refractivity contribution in [3.63, 3.8) is 0 Å². The predicted molar refractivity (Wildman–Crippen MR) is 118 cm³/mol. The van der Waals surface area contributed by atoms with Crippen LogP contribution in [0.15, 0.2) is 62.8 Å². The molecule has 1 N–H and O–H groups in total. The molecule has 0 radical (unpaired) electrons. The van der Waals surface area contributed by atoms with Crippen LogP contribution in [0.3, 0.4) is 0 Å². The predicted octanol–water partition coefficient (Wildman–Crippen LogP) is 5.65. The van der Waals surface area contributed by atoms with E-state index in [1.165, 1.54) is 47.4 Å². The van der Waals surface area contributed by atoms with Crippen molar-refractivity contribution in [1.29, 1.82) is 0 Å². The Morgan fingerprint density at radius 3 is 2.48 bits per heavy atom. The van der Waals surface area contributed by atoms with Crippen LogP contribution in [-0.2, 0) is 10.0 Å². The Kier molecular flexibility index (Phi) is 5.67. The lowest BCUT2D eigenvalue weighted by Crippen LogP contribution is -2.15. The van der Waals surface area contributed by atoms with Crippen LogP contribution >= 0.6 is 46.3 Å². The number of hydrogen-bond acceptors (Lipinski definition) is 7. The number of halogens is 2. The van der Waals surface area contributed by atoms with Gasteiger partial charge in [-0.25, -0.2) is 28.1 Å². The standard InChI is InChI=1S/C18H12Cl2N4O2S3/c1-10-16(28-18-23-14-8-12(20)4-7-15(14)27-18)9-21-17(22-10)24-29(25,26)13-5-2-11(19)3-6-13/h2-9H,1H3,(H,21,22,24). The molecule has 0 amide bonds. The normalized spacial score (nSPS) is 11.7. The topological polar surface area (TPSA) is 84.8 Å². The molecule has 29 heavy (non-hydrogen) atoms. The summed E-state index contributed by atoms with van der Waals surface area (Å²) in [6, 6.07) is 11.4. The Balaban J connectivity index is 1.54. The fraction of sp³-hybridized carbons (Fsp3) is 0.0556. The molecule has 4 aromatic rings. The van der Waals surface area contributed by atoms with Gasteiger partial charge in [0.05, 0.1) is 25.7 Å². The molecule has 0 saturated carbocycles. The Bertz CT molecular complexity index is 1310. The van der Waals surface area contributed by atoms with Crippen LogP contribution in [0.4, 0.5) is 5.95 Å². The molecule has 0 aliphatic carbocycles. The van der Waals surface area contributed by atoms with Gasteiger partial charge in [-0.1, -0.05) is 35.0 Å². The summed E-state index contributed by atoms with van der Waals surface area (Å²) in [4.78, 5) is 13.8. The zero-order chi connectivity index (χ0) is 20.6. The van der Waals surface area contributed by atoms with E-state index in [0.717, 1.165) is 19.5 Å². The van der Waals surface area contributed by atoms with E-state index in [1.54, 1.807) is 13.1 Å². The first-order valence-corrected chi connectivity index (χ1v) is 12.0. The molecule has 4 rings (SSSR count). The smallest absolute Gasteiger partial charge is 0.247 e. The van der Waals surface area contributed by atoms with Crippen molar-refractivity contribution in [2.45, 2.75) is 21.1 Å². The Hall–Kier alpha value is -1.91. The monoisotopic (exact) mass is 482 g/mol. The highest BCUT2D eigenvalue weighted by Gasteiger charge is 2.17. The number of thiazole rings is 1. The fourth-order valence-corrected chi connectivity index (χ4v) is 5.67. The summed E-state index contributed by atoms with van der Waals surface area (Å²) < 4.78 is 29.2. The molecule has 0 unspecified atom stereocenters. The quantitative estimate of drug-likeness (QED) is 0.395. The van der Waals surface area contributed by atoms with Gasteiger partial charge in [0.1, 0.15) is 0 Å². The number of hydrogen-bond donors (Lipinski definition) is 1. The second kappa shape index (κ2) is 8.08. The van der Waals surface area contributed by atoms with E-state index in [1.807, 2.05) is 18.2 Å². The molecule has 11 heteroatoms. The maximum atomic E-state index is 12.5. The first-order chi connectivity index (χ1) is 13.8. The number of sulfonamides is 1. The third-order valence-corrected chi connectivity index (χ3v) is 7.86. The van der Waals surface area contributed by atoms with Crippen LogP contribution in [0.5, 0.6) is 0 Å². The first kappa shape index (κ1) is 20.4. The molecular weight excluding hydrogens is 471 g/mol. The lowest BCUT2D eigenvalue weighted by molar-refractivity contribution is 0.600. The zero-order valence-corrected chi connectivity index (χ0v) is 18.7. The van der Waals surface area contributed by atoms with Crippen LogP contribution in [0, 0.1) is 6.92 Å². The molecule has 148 valence electrons. The maximum absolute atomic E-state index is 12.5. The van der Waals surface area contributed by atoms with Gasteiger partial charge in [-0.3, -0.25) is 0 Å². The van der Waals surface area contributed by atoms with Gasteiger partial charge in [-0.15, -0.1) is 11.3 Å². The van der Waals surface area contributed by atoms with Crippen molar-refractivity contribution in [3.8, 4) is 0 Å². The van der Waals surface area contributed by atoms with Crippen molar-refractivity contribution >= 4 is 72.5 Å². The second-order valence-corrected chi connectivity index (χ2v) is 10.8. The van der Waals surface area contributed by atoms with Gasteiger partial charge in [-0.2, -0.15) is 0 Å². The summed E-state index contributed by atoms with van der Waals surface area (Å²) in [5.74, 6) is -0.00196. The Labute approximate surface area is 185 Å². The van der Waals surface area contributed by atoms with Crippen molar-refractivity contribution < 1.29 is 8.42 Å². The van der Waals surface area contributed by atoms with E-state index in [4.69, 9.17) is 23.2 Å². The summed E-state index contributed by atoms with van der Waals surface area (Å²) in [7, 11) is -3.80. The molecule has 0 aliphatic heterocycles. The fourth-order valence-electron chi connectivity index (χ4n) is 2.42. The molecule has 2 heterocycles. The number of aryl methyl sites for hydroxylation is 1. The van der Waals surface area contributed by atoms with Gasteiger partial charge >= 0.3 is 0 Å². The highest BCUT2D eigenvalue weighted by atomic mass is 35.5. The van der Waals surface area contributed by atoms with E-state index >= 15 is 0 Å². The van der Waals surface area contributed by atoms with Crippen molar-refractivity contribution in [2.75, 3.05) is 4.72 Å². The molecule has 0 fully saturated rings. The minimum Gasteiger partial charge on any atom is -0.247 e. The van der Waals surface area contributed by atoms with E-state index in [2.05, 4.69) is 19.7 Å². The SMILES string of the molecule is Cc1nc(NS(=O)(=O)c2ccc(Cl)cc2)ncc1Sc1nc2cc(Cl)ccc2s1. The minimum absolute atomic E-state index is 0.00196. The summed E-state index contributed by atoms with van der Waals surface area (Å²) in [6.07, 6.45) is 1.58. The van der Waals surface area contributed by atoms with Crippen molar-refractivity contribution in [3.05, 3.63) is 64.4 Å². The number of fused-ring (bicyclic) bond motifs is 1. The highest BCUT2D eigenvalue weighted by molar-refractivity contribution is 8.01.